The Hall–Kier alpha value is -1.33. The highest BCUT2D eigenvalue weighted by Gasteiger charge is 2.08. The fourth-order valence-corrected chi connectivity index (χ4v) is 1.71. The first-order valence-electron chi connectivity index (χ1n) is 4.59. The standard InChI is InChI=1S/C11H8BrFN2O/c12-10-2-1-7(13)5-9(10)11-14-4-3-8(6-16)15-11/h1-5,16H,6H2. The minimum atomic E-state index is -0.351. The lowest BCUT2D eigenvalue weighted by atomic mass is 10.2. The maximum absolute atomic E-state index is 13.1. The third-order valence-corrected chi connectivity index (χ3v) is 2.74. The van der Waals surface area contributed by atoms with Crippen LogP contribution >= 0.6 is 15.9 Å². The van der Waals surface area contributed by atoms with Gasteiger partial charge in [0.1, 0.15) is 5.82 Å². The molecule has 0 aliphatic rings. The van der Waals surface area contributed by atoms with Crippen LogP contribution in [0.4, 0.5) is 4.39 Å². The predicted octanol–water partition coefficient (Wildman–Crippen LogP) is 2.54. The van der Waals surface area contributed by atoms with E-state index in [1.807, 2.05) is 0 Å². The second kappa shape index (κ2) is 4.67. The summed E-state index contributed by atoms with van der Waals surface area (Å²) in [5.74, 6) is 0.0362. The highest BCUT2D eigenvalue weighted by molar-refractivity contribution is 9.10. The first-order chi connectivity index (χ1) is 7.70. The molecule has 0 saturated carbocycles. The van der Waals surface area contributed by atoms with Gasteiger partial charge in [-0.1, -0.05) is 15.9 Å². The van der Waals surface area contributed by atoms with Gasteiger partial charge < -0.3 is 5.11 Å². The Morgan fingerprint density at radius 3 is 2.88 bits per heavy atom. The van der Waals surface area contributed by atoms with Crippen molar-refractivity contribution in [3.8, 4) is 11.4 Å². The zero-order chi connectivity index (χ0) is 11.5. The van der Waals surface area contributed by atoms with Crippen molar-refractivity contribution < 1.29 is 9.50 Å². The molecule has 82 valence electrons. The summed E-state index contributed by atoms with van der Waals surface area (Å²) in [4.78, 5) is 8.15. The lowest BCUT2D eigenvalue weighted by molar-refractivity contribution is 0.277. The largest absolute Gasteiger partial charge is 0.390 e. The van der Waals surface area contributed by atoms with Crippen LogP contribution in [0.1, 0.15) is 5.69 Å². The molecule has 3 nitrogen and oxygen atoms in total. The summed E-state index contributed by atoms with van der Waals surface area (Å²) in [6, 6.07) is 5.90. The zero-order valence-electron chi connectivity index (χ0n) is 8.19. The van der Waals surface area contributed by atoms with Crippen molar-refractivity contribution in [2.75, 3.05) is 0 Å². The third kappa shape index (κ3) is 2.25. The van der Waals surface area contributed by atoms with E-state index in [1.165, 1.54) is 18.3 Å². The molecule has 0 radical (unpaired) electrons. The van der Waals surface area contributed by atoms with Crippen LogP contribution in [-0.2, 0) is 6.61 Å². The van der Waals surface area contributed by atoms with Gasteiger partial charge in [-0.3, -0.25) is 0 Å². The Labute approximate surface area is 100 Å². The number of hydrogen-bond donors (Lipinski definition) is 1. The Balaban J connectivity index is 2.53. The monoisotopic (exact) mass is 282 g/mol. The zero-order valence-corrected chi connectivity index (χ0v) is 9.78. The number of hydrogen-bond acceptors (Lipinski definition) is 3. The van der Waals surface area contributed by atoms with Crippen LogP contribution in [0.3, 0.4) is 0 Å². The molecule has 0 bridgehead atoms. The molecule has 0 spiro atoms. The Morgan fingerprint density at radius 2 is 2.12 bits per heavy atom. The van der Waals surface area contributed by atoms with Crippen LogP contribution in [0.2, 0.25) is 0 Å². The van der Waals surface area contributed by atoms with Gasteiger partial charge in [0.15, 0.2) is 5.82 Å². The van der Waals surface area contributed by atoms with E-state index in [2.05, 4.69) is 25.9 Å². The van der Waals surface area contributed by atoms with Crippen LogP contribution < -0.4 is 0 Å². The lowest BCUT2D eigenvalue weighted by Gasteiger charge is -2.04. The summed E-state index contributed by atoms with van der Waals surface area (Å²) in [7, 11) is 0. The van der Waals surface area contributed by atoms with E-state index in [4.69, 9.17) is 5.11 Å². The molecule has 1 aromatic carbocycles. The highest BCUT2D eigenvalue weighted by atomic mass is 79.9. The van der Waals surface area contributed by atoms with Gasteiger partial charge in [0.05, 0.1) is 12.3 Å². The molecule has 2 rings (SSSR count). The molecule has 0 aliphatic heterocycles. The van der Waals surface area contributed by atoms with E-state index in [9.17, 15) is 4.39 Å². The molecule has 0 aliphatic carbocycles. The van der Waals surface area contributed by atoms with Gasteiger partial charge in [0.25, 0.3) is 0 Å². The Bertz CT molecular complexity index is 519. The molecule has 1 aromatic heterocycles. The molecule has 2 aromatic rings. The van der Waals surface area contributed by atoms with E-state index in [-0.39, 0.29) is 12.4 Å². The molecular weight excluding hydrogens is 275 g/mol. The van der Waals surface area contributed by atoms with Gasteiger partial charge in [-0.15, -0.1) is 0 Å². The van der Waals surface area contributed by atoms with Crippen molar-refractivity contribution in [3.63, 3.8) is 0 Å². The van der Waals surface area contributed by atoms with Gasteiger partial charge in [0.2, 0.25) is 0 Å². The van der Waals surface area contributed by atoms with Crippen LogP contribution in [0, 0.1) is 5.82 Å². The molecule has 5 heteroatoms. The SMILES string of the molecule is OCc1ccnc(-c2cc(F)ccc2Br)n1. The van der Waals surface area contributed by atoms with Gasteiger partial charge in [0, 0.05) is 16.2 Å². The summed E-state index contributed by atoms with van der Waals surface area (Å²) in [5, 5.41) is 8.96. The fraction of sp³-hybridized carbons (Fsp3) is 0.0909. The number of aliphatic hydroxyl groups is 1. The van der Waals surface area contributed by atoms with Crippen LogP contribution in [0.15, 0.2) is 34.9 Å². The second-order valence-electron chi connectivity index (χ2n) is 3.15. The average molecular weight is 283 g/mol. The second-order valence-corrected chi connectivity index (χ2v) is 4.01. The van der Waals surface area contributed by atoms with E-state index >= 15 is 0 Å². The minimum Gasteiger partial charge on any atom is -0.390 e. The molecular formula is C11H8BrFN2O. The molecule has 0 fully saturated rings. The quantitative estimate of drug-likeness (QED) is 0.921. The van der Waals surface area contributed by atoms with Crippen molar-refractivity contribution in [3.05, 3.63) is 46.4 Å². The van der Waals surface area contributed by atoms with E-state index in [0.29, 0.717) is 21.6 Å². The highest BCUT2D eigenvalue weighted by Crippen LogP contribution is 2.26. The van der Waals surface area contributed by atoms with Gasteiger partial charge in [-0.2, -0.15) is 0 Å². The van der Waals surface area contributed by atoms with E-state index in [1.54, 1.807) is 12.1 Å². The summed E-state index contributed by atoms with van der Waals surface area (Å²) in [6.45, 7) is -0.164. The molecule has 1 heterocycles. The molecule has 16 heavy (non-hydrogen) atoms. The molecule has 1 N–H and O–H groups in total. The molecule has 0 unspecified atom stereocenters. The summed E-state index contributed by atoms with van der Waals surface area (Å²) < 4.78 is 13.8. The lowest BCUT2D eigenvalue weighted by Crippen LogP contribution is -1.95. The van der Waals surface area contributed by atoms with Crippen LogP contribution in [0.25, 0.3) is 11.4 Å². The molecule has 0 atom stereocenters. The summed E-state index contributed by atoms with van der Waals surface area (Å²) in [5.41, 5.74) is 1.07. The first-order valence-corrected chi connectivity index (χ1v) is 5.38. The summed E-state index contributed by atoms with van der Waals surface area (Å²) >= 11 is 3.30. The third-order valence-electron chi connectivity index (χ3n) is 2.04. The van der Waals surface area contributed by atoms with Crippen molar-refractivity contribution >= 4 is 15.9 Å². The average Bonchev–Trinajstić information content (AvgIpc) is 2.32. The normalized spacial score (nSPS) is 10.4. The van der Waals surface area contributed by atoms with E-state index < -0.39 is 0 Å². The Kier molecular flexibility index (Phi) is 3.26. The van der Waals surface area contributed by atoms with Crippen molar-refractivity contribution in [1.29, 1.82) is 0 Å². The smallest absolute Gasteiger partial charge is 0.160 e. The maximum Gasteiger partial charge on any atom is 0.160 e. The molecule has 0 amide bonds. The van der Waals surface area contributed by atoms with Gasteiger partial charge in [-0.25, -0.2) is 14.4 Å². The summed E-state index contributed by atoms with van der Waals surface area (Å²) in [6.07, 6.45) is 1.53. The van der Waals surface area contributed by atoms with Gasteiger partial charge in [-0.05, 0) is 24.3 Å². The first kappa shape index (κ1) is 11.2. The van der Waals surface area contributed by atoms with Crippen LogP contribution in [0.5, 0.6) is 0 Å². The van der Waals surface area contributed by atoms with Crippen molar-refractivity contribution in [2.45, 2.75) is 6.61 Å². The van der Waals surface area contributed by atoms with Crippen molar-refractivity contribution in [2.24, 2.45) is 0 Å². The predicted molar refractivity (Wildman–Crippen MR) is 61.0 cm³/mol. The maximum atomic E-state index is 13.1. The van der Waals surface area contributed by atoms with E-state index in [0.717, 1.165) is 0 Å². The Morgan fingerprint density at radius 1 is 1.31 bits per heavy atom. The number of aromatic nitrogens is 2. The fourth-order valence-electron chi connectivity index (χ4n) is 1.28. The molecule has 0 saturated heterocycles. The number of benzene rings is 1. The topological polar surface area (TPSA) is 46.0 Å². The number of nitrogens with zero attached hydrogens (tertiary/aromatic N) is 2. The number of aliphatic hydroxyl groups excluding tert-OH is 1. The number of halogens is 2. The number of rotatable bonds is 2. The van der Waals surface area contributed by atoms with Crippen LogP contribution in [-0.4, -0.2) is 15.1 Å². The minimum absolute atomic E-state index is 0.164. The van der Waals surface area contributed by atoms with Crippen molar-refractivity contribution in [1.82, 2.24) is 9.97 Å². The van der Waals surface area contributed by atoms with Gasteiger partial charge >= 0.3 is 0 Å².